The Labute approximate surface area is 128 Å². The Balaban J connectivity index is 2.36. The highest BCUT2D eigenvalue weighted by Gasteiger charge is 2.40. The quantitative estimate of drug-likeness (QED) is 0.811. The first-order valence-electron chi connectivity index (χ1n) is 6.18. The number of carbonyl (C=O) groups is 1. The summed E-state index contributed by atoms with van der Waals surface area (Å²) in [5, 5.41) is 12.2. The smallest absolute Gasteiger partial charge is 0.436 e. The third-order valence-corrected chi connectivity index (χ3v) is 2.86. The Kier molecular flexibility index (Phi) is 4.27. The molecular weight excluding hydrogens is 315 g/mol. The Morgan fingerprint density at radius 2 is 1.91 bits per heavy atom. The van der Waals surface area contributed by atoms with Gasteiger partial charge in [0.2, 0.25) is 5.88 Å². The molecule has 120 valence electrons. The van der Waals surface area contributed by atoms with Crippen LogP contribution in [0, 0.1) is 11.3 Å². The summed E-state index contributed by atoms with van der Waals surface area (Å²) in [7, 11) is 2.45. The minimum Gasteiger partial charge on any atom is -0.465 e. The number of halogens is 3. The van der Waals surface area contributed by atoms with Gasteiger partial charge in [-0.05, 0) is 24.3 Å². The lowest BCUT2D eigenvalue weighted by molar-refractivity contribution is -0.141. The summed E-state index contributed by atoms with van der Waals surface area (Å²) in [5.41, 5.74) is -1.78. The van der Waals surface area contributed by atoms with Crippen LogP contribution in [0.15, 0.2) is 24.3 Å². The lowest BCUT2D eigenvalue weighted by Gasteiger charge is -2.07. The molecule has 0 aliphatic carbocycles. The Morgan fingerprint density at radius 3 is 2.39 bits per heavy atom. The van der Waals surface area contributed by atoms with Gasteiger partial charge in [0.05, 0.1) is 12.7 Å². The van der Waals surface area contributed by atoms with E-state index >= 15 is 0 Å². The molecule has 0 unspecified atom stereocenters. The first-order valence-corrected chi connectivity index (χ1v) is 6.18. The molecule has 0 spiro atoms. The van der Waals surface area contributed by atoms with Gasteiger partial charge in [-0.1, -0.05) is 0 Å². The average molecular weight is 325 g/mol. The molecule has 0 aliphatic rings. The molecule has 6 nitrogen and oxygen atoms in total. The third-order valence-electron chi connectivity index (χ3n) is 2.86. The van der Waals surface area contributed by atoms with E-state index in [9.17, 15) is 18.0 Å². The highest BCUT2D eigenvalue weighted by molar-refractivity contribution is 5.89. The molecule has 0 saturated heterocycles. The number of ether oxygens (including phenoxy) is 2. The first-order chi connectivity index (χ1) is 10.8. The zero-order valence-corrected chi connectivity index (χ0v) is 12.0. The van der Waals surface area contributed by atoms with Crippen molar-refractivity contribution in [2.75, 3.05) is 7.11 Å². The second kappa shape index (κ2) is 6.00. The van der Waals surface area contributed by atoms with Crippen LogP contribution in [0.5, 0.6) is 11.6 Å². The van der Waals surface area contributed by atoms with Crippen LogP contribution in [0.1, 0.15) is 21.6 Å². The van der Waals surface area contributed by atoms with Crippen LogP contribution in [-0.4, -0.2) is 22.9 Å². The summed E-state index contributed by atoms with van der Waals surface area (Å²) in [6.45, 7) is 0. The number of hydrogen-bond acceptors (Lipinski definition) is 5. The van der Waals surface area contributed by atoms with Crippen molar-refractivity contribution >= 4 is 5.97 Å². The summed E-state index contributed by atoms with van der Waals surface area (Å²) in [6.07, 6.45) is -4.76. The van der Waals surface area contributed by atoms with E-state index in [1.165, 1.54) is 44.5 Å². The van der Waals surface area contributed by atoms with Gasteiger partial charge in [-0.15, -0.1) is 0 Å². The van der Waals surface area contributed by atoms with Crippen LogP contribution in [-0.2, 0) is 18.0 Å². The molecule has 23 heavy (non-hydrogen) atoms. The highest BCUT2D eigenvalue weighted by Crippen LogP contribution is 2.36. The van der Waals surface area contributed by atoms with Gasteiger partial charge in [0.1, 0.15) is 17.4 Å². The second-order valence-corrected chi connectivity index (χ2v) is 4.38. The van der Waals surface area contributed by atoms with E-state index in [2.05, 4.69) is 9.84 Å². The number of aromatic nitrogens is 2. The Bertz CT molecular complexity index is 774. The van der Waals surface area contributed by atoms with Gasteiger partial charge in [0.25, 0.3) is 0 Å². The summed E-state index contributed by atoms with van der Waals surface area (Å²) in [4.78, 5) is 11.3. The predicted octanol–water partition coefficient (Wildman–Crippen LogP) is 2.89. The second-order valence-electron chi connectivity index (χ2n) is 4.38. The lowest BCUT2D eigenvalue weighted by Crippen LogP contribution is -2.08. The van der Waals surface area contributed by atoms with Crippen LogP contribution in [0.3, 0.4) is 0 Å². The molecule has 1 heterocycles. The van der Waals surface area contributed by atoms with Crippen molar-refractivity contribution in [2.24, 2.45) is 7.05 Å². The van der Waals surface area contributed by atoms with Crippen LogP contribution in [0.4, 0.5) is 13.2 Å². The van der Waals surface area contributed by atoms with Crippen LogP contribution in [0.25, 0.3) is 0 Å². The van der Waals surface area contributed by atoms with Crippen molar-refractivity contribution in [1.29, 1.82) is 5.26 Å². The summed E-state index contributed by atoms with van der Waals surface area (Å²) < 4.78 is 49.1. The van der Waals surface area contributed by atoms with Gasteiger partial charge < -0.3 is 9.47 Å². The fourth-order valence-electron chi connectivity index (χ4n) is 1.81. The number of benzene rings is 1. The zero-order valence-electron chi connectivity index (χ0n) is 12.0. The number of nitrogens with zero attached hydrogens (tertiary/aromatic N) is 3. The van der Waals surface area contributed by atoms with Crippen LogP contribution < -0.4 is 4.74 Å². The molecule has 0 fully saturated rings. The largest absolute Gasteiger partial charge is 0.465 e. The molecule has 0 amide bonds. The molecule has 1 aromatic heterocycles. The minimum absolute atomic E-state index is 0.144. The Morgan fingerprint density at radius 1 is 1.30 bits per heavy atom. The number of rotatable bonds is 3. The number of carbonyl (C=O) groups excluding carboxylic acids is 1. The van der Waals surface area contributed by atoms with Crippen molar-refractivity contribution in [2.45, 2.75) is 6.18 Å². The SMILES string of the molecule is COC(=O)c1ccc(Oc2c(C#N)c(C(F)(F)F)nn2C)cc1. The van der Waals surface area contributed by atoms with Gasteiger partial charge >= 0.3 is 12.1 Å². The molecule has 0 bridgehead atoms. The molecular formula is C14H10F3N3O3. The van der Waals surface area contributed by atoms with Gasteiger partial charge in [-0.2, -0.15) is 23.5 Å². The van der Waals surface area contributed by atoms with Crippen LogP contribution >= 0.6 is 0 Å². The maximum absolute atomic E-state index is 12.8. The molecule has 0 N–H and O–H groups in total. The molecule has 0 saturated carbocycles. The number of alkyl halides is 3. The van der Waals surface area contributed by atoms with Crippen molar-refractivity contribution in [3.05, 3.63) is 41.1 Å². The highest BCUT2D eigenvalue weighted by atomic mass is 19.4. The Hall–Kier alpha value is -3.02. The van der Waals surface area contributed by atoms with E-state index in [1.807, 2.05) is 0 Å². The lowest BCUT2D eigenvalue weighted by atomic mass is 10.2. The fraction of sp³-hybridized carbons (Fsp3) is 0.214. The molecule has 0 atom stereocenters. The molecule has 2 rings (SSSR count). The van der Waals surface area contributed by atoms with E-state index in [-0.39, 0.29) is 17.2 Å². The maximum Gasteiger partial charge on any atom is 0.436 e. The number of nitriles is 1. The summed E-state index contributed by atoms with van der Waals surface area (Å²) >= 11 is 0. The van der Waals surface area contributed by atoms with Crippen molar-refractivity contribution < 1.29 is 27.4 Å². The summed E-state index contributed by atoms with van der Waals surface area (Å²) in [6, 6.07) is 6.95. The normalized spacial score (nSPS) is 11.0. The zero-order chi connectivity index (χ0) is 17.2. The maximum atomic E-state index is 12.8. The molecule has 9 heteroatoms. The first kappa shape index (κ1) is 16.4. The van der Waals surface area contributed by atoms with Gasteiger partial charge in [0.15, 0.2) is 5.69 Å². The van der Waals surface area contributed by atoms with E-state index in [4.69, 9.17) is 10.00 Å². The van der Waals surface area contributed by atoms with Gasteiger partial charge in [0, 0.05) is 7.05 Å². The third kappa shape index (κ3) is 3.26. The molecule has 0 radical (unpaired) electrons. The predicted molar refractivity (Wildman–Crippen MR) is 70.8 cm³/mol. The van der Waals surface area contributed by atoms with Crippen LogP contribution in [0.2, 0.25) is 0 Å². The average Bonchev–Trinajstić information content (AvgIpc) is 2.83. The van der Waals surface area contributed by atoms with Crippen molar-refractivity contribution in [3.8, 4) is 17.7 Å². The van der Waals surface area contributed by atoms with E-state index in [0.717, 1.165) is 4.68 Å². The van der Waals surface area contributed by atoms with E-state index in [1.54, 1.807) is 0 Å². The number of esters is 1. The monoisotopic (exact) mass is 325 g/mol. The van der Waals surface area contributed by atoms with Crippen molar-refractivity contribution in [3.63, 3.8) is 0 Å². The molecule has 0 aliphatic heterocycles. The standard InChI is InChI=1S/C14H10F3N3O3/c1-20-12(10(7-18)11(19-20)14(15,16)17)23-9-5-3-8(4-6-9)13(21)22-2/h3-6H,1-2H3. The summed E-state index contributed by atoms with van der Waals surface area (Å²) in [5.74, 6) is -0.759. The van der Waals surface area contributed by atoms with E-state index < -0.39 is 23.4 Å². The van der Waals surface area contributed by atoms with Crippen molar-refractivity contribution in [1.82, 2.24) is 9.78 Å². The number of hydrogen-bond donors (Lipinski definition) is 0. The van der Waals surface area contributed by atoms with E-state index in [0.29, 0.717) is 0 Å². The molecule has 2 aromatic rings. The topological polar surface area (TPSA) is 77.1 Å². The molecule has 1 aromatic carbocycles. The number of aryl methyl sites for hydroxylation is 1. The fourth-order valence-corrected chi connectivity index (χ4v) is 1.81. The van der Waals surface area contributed by atoms with Gasteiger partial charge in [-0.25, -0.2) is 9.48 Å². The van der Waals surface area contributed by atoms with Gasteiger partial charge in [-0.3, -0.25) is 0 Å². The number of methoxy groups -OCH3 is 1. The minimum atomic E-state index is -4.76.